The average molecular weight is 455 g/mol. The minimum absolute atomic E-state index is 0.0495. The molecule has 0 aliphatic rings. The maximum absolute atomic E-state index is 13.0. The minimum Gasteiger partial charge on any atom is -0.495 e. The Hall–Kier alpha value is -3.52. The van der Waals surface area contributed by atoms with Crippen molar-refractivity contribution in [3.63, 3.8) is 0 Å². The number of para-hydroxylation sites is 2. The van der Waals surface area contributed by atoms with E-state index < -0.39 is 22.0 Å². The minimum atomic E-state index is -3.92. The van der Waals surface area contributed by atoms with Crippen LogP contribution in [0.5, 0.6) is 11.5 Å². The van der Waals surface area contributed by atoms with Gasteiger partial charge in [-0.15, -0.1) is 0 Å². The van der Waals surface area contributed by atoms with Gasteiger partial charge in [0, 0.05) is 5.69 Å². The third-order valence-corrected chi connectivity index (χ3v) is 6.28. The van der Waals surface area contributed by atoms with E-state index in [1.165, 1.54) is 13.2 Å². The van der Waals surface area contributed by atoms with E-state index in [4.69, 9.17) is 9.47 Å². The van der Waals surface area contributed by atoms with Gasteiger partial charge in [0.25, 0.3) is 15.9 Å². The second-order valence-corrected chi connectivity index (χ2v) is 9.00. The van der Waals surface area contributed by atoms with Gasteiger partial charge in [0.05, 0.1) is 17.7 Å². The largest absolute Gasteiger partial charge is 0.495 e. The topological polar surface area (TPSA) is 93.7 Å². The lowest BCUT2D eigenvalue weighted by molar-refractivity contribution is -0.122. The molecule has 0 bridgehead atoms. The molecule has 0 aliphatic heterocycles. The Labute approximate surface area is 188 Å². The van der Waals surface area contributed by atoms with Crippen LogP contribution in [0, 0.1) is 13.8 Å². The van der Waals surface area contributed by atoms with Crippen molar-refractivity contribution in [3.05, 3.63) is 77.9 Å². The quantitative estimate of drug-likeness (QED) is 0.522. The van der Waals surface area contributed by atoms with Crippen LogP contribution in [-0.2, 0) is 14.8 Å². The normalized spacial score (nSPS) is 12.0. The highest BCUT2D eigenvalue weighted by molar-refractivity contribution is 7.92. The highest BCUT2D eigenvalue weighted by Crippen LogP contribution is 2.28. The van der Waals surface area contributed by atoms with Crippen molar-refractivity contribution in [2.45, 2.75) is 31.8 Å². The molecule has 0 aliphatic carbocycles. The molecule has 2 N–H and O–H groups in total. The Morgan fingerprint density at radius 1 is 0.969 bits per heavy atom. The molecule has 1 atom stereocenters. The molecule has 0 saturated carbocycles. The summed E-state index contributed by atoms with van der Waals surface area (Å²) in [5, 5.41) is 2.72. The standard InChI is InChI=1S/C24H26N2O5S/c1-16-8-7-9-20(14-16)31-18(3)24(27)25-19-13-12-17(2)23(15-19)32(28,29)26-21-10-5-6-11-22(21)30-4/h5-15,18,26H,1-4H3,(H,25,27). The van der Waals surface area contributed by atoms with Crippen LogP contribution in [0.3, 0.4) is 0 Å². The molecular formula is C24H26N2O5S. The van der Waals surface area contributed by atoms with Crippen molar-refractivity contribution < 1.29 is 22.7 Å². The monoisotopic (exact) mass is 454 g/mol. The zero-order valence-corrected chi connectivity index (χ0v) is 19.2. The third-order valence-electron chi connectivity index (χ3n) is 4.77. The van der Waals surface area contributed by atoms with E-state index in [1.54, 1.807) is 56.3 Å². The predicted octanol–water partition coefficient (Wildman–Crippen LogP) is 4.52. The Kier molecular flexibility index (Phi) is 7.05. The van der Waals surface area contributed by atoms with E-state index in [2.05, 4.69) is 10.0 Å². The molecule has 1 amide bonds. The average Bonchev–Trinajstić information content (AvgIpc) is 2.75. The van der Waals surface area contributed by atoms with E-state index in [1.807, 2.05) is 25.1 Å². The number of methoxy groups -OCH3 is 1. The Morgan fingerprint density at radius 2 is 1.72 bits per heavy atom. The van der Waals surface area contributed by atoms with Gasteiger partial charge in [-0.3, -0.25) is 9.52 Å². The summed E-state index contributed by atoms with van der Waals surface area (Å²) in [6.07, 6.45) is -0.773. The lowest BCUT2D eigenvalue weighted by Crippen LogP contribution is -2.30. The highest BCUT2D eigenvalue weighted by atomic mass is 32.2. The fourth-order valence-corrected chi connectivity index (χ4v) is 4.43. The van der Waals surface area contributed by atoms with Crippen molar-refractivity contribution in [1.82, 2.24) is 0 Å². The van der Waals surface area contributed by atoms with Crippen LogP contribution in [-0.4, -0.2) is 27.5 Å². The van der Waals surface area contributed by atoms with Gasteiger partial charge in [0.15, 0.2) is 6.10 Å². The number of anilines is 2. The fraction of sp³-hybridized carbons (Fsp3) is 0.208. The molecule has 168 valence electrons. The van der Waals surface area contributed by atoms with Gasteiger partial charge in [0.1, 0.15) is 11.5 Å². The molecule has 0 fully saturated rings. The number of ether oxygens (including phenoxy) is 2. The SMILES string of the molecule is COc1ccccc1NS(=O)(=O)c1cc(NC(=O)C(C)Oc2cccc(C)c2)ccc1C. The lowest BCUT2D eigenvalue weighted by atomic mass is 10.2. The van der Waals surface area contributed by atoms with Crippen molar-refractivity contribution in [2.24, 2.45) is 0 Å². The van der Waals surface area contributed by atoms with Gasteiger partial charge >= 0.3 is 0 Å². The van der Waals surface area contributed by atoms with E-state index >= 15 is 0 Å². The molecule has 0 aromatic heterocycles. The summed E-state index contributed by atoms with van der Waals surface area (Å²) in [4.78, 5) is 12.7. The Balaban J connectivity index is 1.78. The molecule has 32 heavy (non-hydrogen) atoms. The molecule has 0 saturated heterocycles. The van der Waals surface area contributed by atoms with Crippen molar-refractivity contribution >= 4 is 27.3 Å². The molecule has 3 aromatic carbocycles. The molecule has 1 unspecified atom stereocenters. The number of amides is 1. The lowest BCUT2D eigenvalue weighted by Gasteiger charge is -2.17. The first-order chi connectivity index (χ1) is 15.2. The van der Waals surface area contributed by atoms with Crippen LogP contribution in [0.1, 0.15) is 18.1 Å². The van der Waals surface area contributed by atoms with Gasteiger partial charge in [-0.2, -0.15) is 0 Å². The number of hydrogen-bond donors (Lipinski definition) is 2. The summed E-state index contributed by atoms with van der Waals surface area (Å²) in [7, 11) is -2.45. The summed E-state index contributed by atoms with van der Waals surface area (Å²) in [5.74, 6) is 0.595. The molecule has 8 heteroatoms. The number of carbonyl (C=O) groups excluding carboxylic acids is 1. The number of hydrogen-bond acceptors (Lipinski definition) is 5. The number of rotatable bonds is 8. The zero-order valence-electron chi connectivity index (χ0n) is 18.4. The summed E-state index contributed by atoms with van der Waals surface area (Å²) < 4.78 is 39.5. The van der Waals surface area contributed by atoms with E-state index in [0.29, 0.717) is 28.4 Å². The van der Waals surface area contributed by atoms with Gasteiger partial charge in [-0.25, -0.2) is 8.42 Å². The summed E-state index contributed by atoms with van der Waals surface area (Å²) in [6.45, 7) is 5.25. The molecular weight excluding hydrogens is 428 g/mol. The fourth-order valence-electron chi connectivity index (χ4n) is 3.09. The molecule has 0 heterocycles. The number of carbonyl (C=O) groups is 1. The van der Waals surface area contributed by atoms with Crippen LogP contribution >= 0.6 is 0 Å². The third kappa shape index (κ3) is 5.59. The van der Waals surface area contributed by atoms with Crippen LogP contribution in [0.4, 0.5) is 11.4 Å². The van der Waals surface area contributed by atoms with E-state index in [9.17, 15) is 13.2 Å². The van der Waals surface area contributed by atoms with Crippen molar-refractivity contribution in [3.8, 4) is 11.5 Å². The Bertz CT molecular complexity index is 1220. The molecule has 7 nitrogen and oxygen atoms in total. The number of nitrogens with one attached hydrogen (secondary N) is 2. The van der Waals surface area contributed by atoms with Crippen LogP contribution < -0.4 is 19.5 Å². The Morgan fingerprint density at radius 3 is 2.44 bits per heavy atom. The van der Waals surface area contributed by atoms with Gasteiger partial charge in [-0.1, -0.05) is 30.3 Å². The zero-order chi connectivity index (χ0) is 23.3. The molecule has 0 spiro atoms. The summed E-state index contributed by atoms with van der Waals surface area (Å²) in [5.41, 5.74) is 2.23. The van der Waals surface area contributed by atoms with Gasteiger partial charge in [-0.05, 0) is 68.3 Å². The van der Waals surface area contributed by atoms with Crippen LogP contribution in [0.2, 0.25) is 0 Å². The smallest absolute Gasteiger partial charge is 0.265 e. The van der Waals surface area contributed by atoms with E-state index in [0.717, 1.165) is 5.56 Å². The molecule has 0 radical (unpaired) electrons. The van der Waals surface area contributed by atoms with E-state index in [-0.39, 0.29) is 4.90 Å². The molecule has 3 rings (SSSR count). The second kappa shape index (κ2) is 9.74. The maximum atomic E-state index is 13.0. The number of benzene rings is 3. The second-order valence-electron chi connectivity index (χ2n) is 7.35. The van der Waals surface area contributed by atoms with Gasteiger partial charge in [0.2, 0.25) is 0 Å². The van der Waals surface area contributed by atoms with Crippen LogP contribution in [0.25, 0.3) is 0 Å². The van der Waals surface area contributed by atoms with Crippen LogP contribution in [0.15, 0.2) is 71.6 Å². The predicted molar refractivity (Wildman–Crippen MR) is 125 cm³/mol. The number of sulfonamides is 1. The summed E-state index contributed by atoms with van der Waals surface area (Å²) in [6, 6.07) is 18.8. The summed E-state index contributed by atoms with van der Waals surface area (Å²) >= 11 is 0. The van der Waals surface area contributed by atoms with Crippen molar-refractivity contribution in [2.75, 3.05) is 17.1 Å². The van der Waals surface area contributed by atoms with Crippen molar-refractivity contribution in [1.29, 1.82) is 0 Å². The highest BCUT2D eigenvalue weighted by Gasteiger charge is 2.21. The van der Waals surface area contributed by atoms with Gasteiger partial charge < -0.3 is 14.8 Å². The number of aryl methyl sites for hydroxylation is 2. The first-order valence-electron chi connectivity index (χ1n) is 10.0. The maximum Gasteiger partial charge on any atom is 0.265 e. The molecule has 3 aromatic rings. The first-order valence-corrected chi connectivity index (χ1v) is 11.5. The first kappa shape index (κ1) is 23.1.